The van der Waals surface area contributed by atoms with Crippen LogP contribution in [0.3, 0.4) is 0 Å². The number of unbranched alkanes of at least 4 members (excludes halogenated alkanes) is 6. The van der Waals surface area contributed by atoms with Crippen molar-refractivity contribution in [2.45, 2.75) is 96.8 Å². The van der Waals surface area contributed by atoms with E-state index in [0.717, 1.165) is 17.9 Å². The van der Waals surface area contributed by atoms with E-state index in [9.17, 15) is 13.0 Å². The first-order valence-corrected chi connectivity index (χ1v) is 31.5. The maximum Gasteiger partial charge on any atom is 0.210 e. The predicted molar refractivity (Wildman–Crippen MR) is 389 cm³/mol. The van der Waals surface area contributed by atoms with Crippen molar-refractivity contribution >= 4 is 48.7 Å². The van der Waals surface area contributed by atoms with Gasteiger partial charge in [0.05, 0.1) is 15.5 Å². The monoisotopic (exact) mass is 1230 g/mol. The molecule has 0 radical (unpaired) electrons. The Kier molecular flexibility index (Phi) is 31.7. The van der Waals surface area contributed by atoms with Gasteiger partial charge in [0.15, 0.2) is 5.71 Å². The molecule has 448 valence electrons. The lowest BCUT2D eigenvalue weighted by Gasteiger charge is -2.27. The molecule has 5 nitrogen and oxygen atoms in total. The fourth-order valence-corrected chi connectivity index (χ4v) is 10.4. The van der Waals surface area contributed by atoms with Gasteiger partial charge in [0, 0.05) is 195 Å². The zero-order valence-corrected chi connectivity index (χ0v) is 54.2. The van der Waals surface area contributed by atoms with Crippen LogP contribution in [0, 0.1) is 250 Å². The Labute approximate surface area is 565 Å². The first kappa shape index (κ1) is 72.2. The zero-order valence-electron chi connectivity index (χ0n) is 53.4. The third-order valence-corrected chi connectivity index (χ3v) is 14.5. The van der Waals surface area contributed by atoms with E-state index >= 15 is 0 Å². The van der Waals surface area contributed by atoms with Crippen molar-refractivity contribution in [3.05, 3.63) is 132 Å². The molecule has 0 atom stereocenters. The summed E-state index contributed by atoms with van der Waals surface area (Å²) >= 11 is 0. The number of fused-ring (bicyclic) bond motifs is 6. The van der Waals surface area contributed by atoms with E-state index in [4.69, 9.17) is 12.8 Å². The summed E-state index contributed by atoms with van der Waals surface area (Å²) in [7, 11) is -4.23. The van der Waals surface area contributed by atoms with Crippen LogP contribution < -0.4 is 4.90 Å². The van der Waals surface area contributed by atoms with Crippen molar-refractivity contribution in [1.29, 1.82) is 0 Å². The predicted octanol–water partition coefficient (Wildman–Crippen LogP) is 11.7. The minimum atomic E-state index is -4.23. The number of allylic oxidation sites excluding steroid dienone is 8. The number of nitrogens with zero attached hydrogens (tertiary/aromatic N) is 2. The SMILES string of the molecule is C#CC#CC#CC#CC#CC#CC#CC#CC#CC#CC#CC#CC#CC#CC#CC#CC#CC#CC#CC#CC#C.CCCCCCCC[N+]1=C(C=CC=CC=CC=C2N(CCCCS(=O)(=O)[O-])c3ccc4ccccc4c3C2(C)C)C(C)(C)c2c1ccc1ccccc21. The molecule has 4 aromatic carbocycles. The lowest BCUT2D eigenvalue weighted by atomic mass is 9.79. The van der Waals surface area contributed by atoms with E-state index in [-0.39, 0.29) is 16.6 Å². The average Bonchev–Trinajstić information content (AvgIpc) is 1.59. The molecule has 6 rings (SSSR count). The van der Waals surface area contributed by atoms with Crippen LogP contribution in [0.15, 0.2) is 121 Å². The van der Waals surface area contributed by atoms with Gasteiger partial charge in [-0.2, -0.15) is 4.58 Å². The van der Waals surface area contributed by atoms with Crippen LogP contribution in [0.2, 0.25) is 0 Å². The van der Waals surface area contributed by atoms with Crippen molar-refractivity contribution in [3.8, 4) is 250 Å². The fraction of sp³-hybridized carbons (Fsp3) is 0.202. The van der Waals surface area contributed by atoms with Crippen LogP contribution in [-0.2, 0) is 20.9 Å². The first-order chi connectivity index (χ1) is 46.4. The highest BCUT2D eigenvalue weighted by atomic mass is 32.2. The number of benzene rings is 4. The summed E-state index contributed by atoms with van der Waals surface area (Å²) in [5.41, 5.74) is 7.29. The number of rotatable bonds is 16. The molecule has 0 unspecified atom stereocenters. The molecule has 0 aromatic heterocycles. The lowest BCUT2D eigenvalue weighted by molar-refractivity contribution is -0.438. The van der Waals surface area contributed by atoms with Gasteiger partial charge in [-0.3, -0.25) is 0 Å². The summed E-state index contributed by atoms with van der Waals surface area (Å²) < 4.78 is 36.4. The smallest absolute Gasteiger partial charge is 0.210 e. The van der Waals surface area contributed by atoms with Gasteiger partial charge in [-0.25, -0.2) is 8.42 Å². The van der Waals surface area contributed by atoms with E-state index in [0.29, 0.717) is 19.4 Å². The van der Waals surface area contributed by atoms with Gasteiger partial charge in [0.1, 0.15) is 6.54 Å². The number of hydrogen-bond donors (Lipinski definition) is 0. The van der Waals surface area contributed by atoms with E-state index in [1.54, 1.807) is 0 Å². The van der Waals surface area contributed by atoms with Crippen LogP contribution >= 0.6 is 0 Å². The third-order valence-electron chi connectivity index (χ3n) is 13.7. The summed E-state index contributed by atoms with van der Waals surface area (Å²) in [5, 5.41) is 5.06. The normalized spacial score (nSPS) is 11.5. The van der Waals surface area contributed by atoms with Gasteiger partial charge in [-0.15, -0.1) is 12.8 Å². The van der Waals surface area contributed by atoms with Crippen LogP contribution in [0.25, 0.3) is 21.5 Å². The Balaban J connectivity index is 0.000000355. The summed E-state index contributed by atoms with van der Waals surface area (Å²) in [4.78, 5) is 2.31. The molecule has 0 spiro atoms. The summed E-state index contributed by atoms with van der Waals surface area (Å²) in [5.74, 6) is 97.8. The fourth-order valence-electron chi connectivity index (χ4n) is 9.83. The highest BCUT2D eigenvalue weighted by Gasteiger charge is 2.45. The van der Waals surface area contributed by atoms with E-state index < -0.39 is 10.1 Å². The molecule has 4 aromatic rings. The van der Waals surface area contributed by atoms with Crippen molar-refractivity contribution in [2.75, 3.05) is 23.7 Å². The second kappa shape index (κ2) is 41.7. The van der Waals surface area contributed by atoms with Crippen LogP contribution in [-0.4, -0.2) is 42.1 Å². The standard InChI is InChI=1S/C47H56N2O3S.C42H2/c1-6-7-8-9-13-20-33-48-40-31-29-36-23-16-18-25-38(36)44(40)46(2,3)42(48)27-14-11-10-12-15-28-43-47(4,5)45-39-26-19-17-24-37(39)30-32-41(45)49(43)34-21-22-35-53(50,51)52;1-3-5-7-9-11-13-15-17-19-21-23-25-27-29-31-33-35-37-39-41-42-40-38-36-34-32-30-28-26-24-22-20-18-16-14-12-10-8-6-4-2/h10-12,14-19,23-32H,6-9,13,20-22,33-35H2,1-5H3;1-2H. The maximum atomic E-state index is 11.3. The molecule has 0 fully saturated rings. The molecule has 0 saturated carbocycles. The van der Waals surface area contributed by atoms with E-state index in [1.165, 1.54) is 82.6 Å². The molecule has 0 bridgehead atoms. The molecule has 6 heteroatoms. The zero-order chi connectivity index (χ0) is 67.9. The Bertz CT molecular complexity index is 5180. The molecule has 2 heterocycles. The van der Waals surface area contributed by atoms with Gasteiger partial charge in [0.25, 0.3) is 0 Å². The second-order valence-electron chi connectivity index (χ2n) is 20.8. The highest BCUT2D eigenvalue weighted by molar-refractivity contribution is 7.85. The quantitative estimate of drug-likeness (QED) is 0.0369. The number of hydrogen-bond acceptors (Lipinski definition) is 4. The van der Waals surface area contributed by atoms with Gasteiger partial charge in [-0.05, 0) is 173 Å². The van der Waals surface area contributed by atoms with Gasteiger partial charge >= 0.3 is 0 Å². The molecule has 2 aliphatic rings. The van der Waals surface area contributed by atoms with Crippen molar-refractivity contribution in [1.82, 2.24) is 0 Å². The molecule has 95 heavy (non-hydrogen) atoms. The van der Waals surface area contributed by atoms with Crippen LogP contribution in [0.1, 0.15) is 97.1 Å². The Hall–Kier alpha value is -13.5. The minimum absolute atomic E-state index is 0.127. The molecule has 0 aliphatic carbocycles. The molecule has 0 saturated heterocycles. The van der Waals surface area contributed by atoms with Gasteiger partial charge < -0.3 is 9.45 Å². The van der Waals surface area contributed by atoms with Gasteiger partial charge in [0.2, 0.25) is 5.69 Å². The minimum Gasteiger partial charge on any atom is -0.748 e. The van der Waals surface area contributed by atoms with Crippen molar-refractivity contribution < 1.29 is 17.5 Å². The number of anilines is 1. The van der Waals surface area contributed by atoms with Crippen LogP contribution in [0.5, 0.6) is 0 Å². The summed E-state index contributed by atoms with van der Waals surface area (Å²) in [6.45, 7) is 13.2. The Morgan fingerprint density at radius 3 is 1.24 bits per heavy atom. The Morgan fingerprint density at radius 2 is 0.811 bits per heavy atom. The molecule has 2 aliphatic heterocycles. The van der Waals surface area contributed by atoms with Crippen molar-refractivity contribution in [2.24, 2.45) is 0 Å². The topological polar surface area (TPSA) is 63.5 Å². The van der Waals surface area contributed by atoms with Gasteiger partial charge in [-0.1, -0.05) is 131 Å². The largest absolute Gasteiger partial charge is 0.748 e. The third kappa shape index (κ3) is 25.5. The molecule has 0 N–H and O–H groups in total. The van der Waals surface area contributed by atoms with Crippen molar-refractivity contribution in [3.63, 3.8) is 0 Å². The summed E-state index contributed by atoms with van der Waals surface area (Å²) in [6.07, 6.45) is 33.5. The second-order valence-corrected chi connectivity index (χ2v) is 22.3. The lowest BCUT2D eigenvalue weighted by Crippen LogP contribution is -2.28. The summed E-state index contributed by atoms with van der Waals surface area (Å²) in [6, 6.07) is 26.2. The highest BCUT2D eigenvalue weighted by Crippen LogP contribution is 2.51. The molecule has 0 amide bonds. The van der Waals surface area contributed by atoms with E-state index in [1.807, 2.05) is 0 Å². The van der Waals surface area contributed by atoms with E-state index in [2.05, 4.69) is 396 Å². The first-order valence-electron chi connectivity index (χ1n) is 29.9. The number of terminal acetylenes is 2. The van der Waals surface area contributed by atoms with Crippen LogP contribution in [0.4, 0.5) is 11.4 Å². The average molecular weight is 1240 g/mol. The maximum absolute atomic E-state index is 11.3. The molecular weight excluding hydrogens is 1180 g/mol. The molecular formula is C89H58N2O3S. The Morgan fingerprint density at radius 1 is 0.432 bits per heavy atom.